The Morgan fingerprint density at radius 1 is 1.16 bits per heavy atom. The summed E-state index contributed by atoms with van der Waals surface area (Å²) in [6, 6.07) is 4.44. The minimum Gasteiger partial charge on any atom is -0.461 e. The van der Waals surface area contributed by atoms with Crippen molar-refractivity contribution >= 4 is 43.4 Å². The number of fused-ring (bicyclic) bond motifs is 5. The van der Waals surface area contributed by atoms with E-state index >= 15 is 4.39 Å². The van der Waals surface area contributed by atoms with Gasteiger partial charge in [-0.15, -0.1) is 0 Å². The van der Waals surface area contributed by atoms with Crippen molar-refractivity contribution in [3.63, 3.8) is 0 Å². The lowest BCUT2D eigenvalue weighted by atomic mass is 9.95. The third-order valence-electron chi connectivity index (χ3n) is 10.6. The lowest BCUT2D eigenvalue weighted by Crippen LogP contribution is -2.43. The number of halogens is 6. The van der Waals surface area contributed by atoms with Crippen LogP contribution < -0.4 is 20.7 Å². The summed E-state index contributed by atoms with van der Waals surface area (Å²) in [5.41, 5.74) is 2.27. The molecule has 3 N–H and O–H groups in total. The number of nitriles is 1. The van der Waals surface area contributed by atoms with Crippen molar-refractivity contribution in [3.05, 3.63) is 35.4 Å². The first kappa shape index (κ1) is 32.3. The minimum absolute atomic E-state index is 0.0371. The highest BCUT2D eigenvalue weighted by Gasteiger charge is 2.50. The van der Waals surface area contributed by atoms with Gasteiger partial charge in [0, 0.05) is 60.6 Å². The molecule has 5 atom stereocenters. The van der Waals surface area contributed by atoms with Gasteiger partial charge in [-0.1, -0.05) is 11.3 Å². The lowest BCUT2D eigenvalue weighted by molar-refractivity contribution is -0.137. The van der Waals surface area contributed by atoms with E-state index in [2.05, 4.69) is 26.3 Å². The number of anilines is 2. The quantitative estimate of drug-likeness (QED) is 0.160. The zero-order chi connectivity index (χ0) is 34.2. The fourth-order valence-corrected chi connectivity index (χ4v) is 9.40. The van der Waals surface area contributed by atoms with Crippen molar-refractivity contribution in [3.8, 4) is 23.2 Å². The summed E-state index contributed by atoms with van der Waals surface area (Å²) in [7, 11) is 0. The van der Waals surface area contributed by atoms with E-state index in [-0.39, 0.29) is 81.3 Å². The van der Waals surface area contributed by atoms with Gasteiger partial charge in [0.15, 0.2) is 10.9 Å². The summed E-state index contributed by atoms with van der Waals surface area (Å²) in [4.78, 5) is 17.1. The molecule has 9 nitrogen and oxygen atoms in total. The molecule has 16 heteroatoms. The summed E-state index contributed by atoms with van der Waals surface area (Å²) in [6.45, 7) is 1.50. The SMILES string of the molecule is N#CCCNC1C[C@H]2CC[C@H]1N2c1nc(OC[C@@]23CCCN2C[C@H](F)C3)nc2c(F)c(-c3ccc(F)c4sc(N)nc34)c(C(F)(F)F)cc12. The first-order valence-electron chi connectivity index (χ1n) is 16.3. The molecule has 4 aliphatic rings. The molecule has 0 spiro atoms. The van der Waals surface area contributed by atoms with Gasteiger partial charge in [0.1, 0.15) is 29.9 Å². The smallest absolute Gasteiger partial charge is 0.417 e. The summed E-state index contributed by atoms with van der Waals surface area (Å²) >= 11 is 0.754. The van der Waals surface area contributed by atoms with Crippen LogP contribution in [0.15, 0.2) is 18.2 Å². The van der Waals surface area contributed by atoms with Crippen LogP contribution in [0.25, 0.3) is 32.2 Å². The predicted molar refractivity (Wildman–Crippen MR) is 172 cm³/mol. The second kappa shape index (κ2) is 11.8. The van der Waals surface area contributed by atoms with E-state index < -0.39 is 40.6 Å². The van der Waals surface area contributed by atoms with E-state index in [1.807, 2.05) is 9.80 Å². The number of hydrogen-bond acceptors (Lipinski definition) is 10. The predicted octanol–water partition coefficient (Wildman–Crippen LogP) is 6.35. The fourth-order valence-electron chi connectivity index (χ4n) is 8.63. The molecule has 2 aromatic carbocycles. The molecule has 2 aromatic heterocycles. The monoisotopic (exact) mass is 702 g/mol. The van der Waals surface area contributed by atoms with E-state index in [0.717, 1.165) is 55.3 Å². The van der Waals surface area contributed by atoms with Crippen molar-refractivity contribution in [1.29, 1.82) is 5.26 Å². The van der Waals surface area contributed by atoms with Gasteiger partial charge in [-0.3, -0.25) is 4.90 Å². The van der Waals surface area contributed by atoms with E-state index in [1.165, 1.54) is 0 Å². The second-order valence-electron chi connectivity index (χ2n) is 13.4. The number of alkyl halides is 4. The number of hydrogen-bond donors (Lipinski definition) is 2. The molecule has 4 fully saturated rings. The molecular weight excluding hydrogens is 670 g/mol. The van der Waals surface area contributed by atoms with Crippen LogP contribution in [0.3, 0.4) is 0 Å². The molecular formula is C33H32F6N8OS. The Morgan fingerprint density at radius 3 is 2.80 bits per heavy atom. The zero-order valence-corrected chi connectivity index (χ0v) is 27.0. The number of ether oxygens (including phenoxy) is 1. The number of nitrogen functional groups attached to an aromatic ring is 1. The first-order chi connectivity index (χ1) is 23.5. The highest BCUT2D eigenvalue weighted by atomic mass is 32.1. The second-order valence-corrected chi connectivity index (χ2v) is 14.5. The van der Waals surface area contributed by atoms with Crippen LogP contribution in [-0.4, -0.2) is 75.9 Å². The van der Waals surface area contributed by atoms with Gasteiger partial charge < -0.3 is 20.7 Å². The van der Waals surface area contributed by atoms with Crippen LogP contribution in [0.5, 0.6) is 6.01 Å². The van der Waals surface area contributed by atoms with Crippen molar-refractivity contribution in [1.82, 2.24) is 25.2 Å². The van der Waals surface area contributed by atoms with Crippen LogP contribution >= 0.6 is 11.3 Å². The summed E-state index contributed by atoms with van der Waals surface area (Å²) in [5.74, 6) is -1.91. The Labute approximate surface area is 281 Å². The molecule has 4 aromatic rings. The van der Waals surface area contributed by atoms with Crippen LogP contribution in [0.1, 0.15) is 50.5 Å². The number of rotatable bonds is 8. The topological polar surface area (TPSA) is 116 Å². The van der Waals surface area contributed by atoms with E-state index in [4.69, 9.17) is 15.7 Å². The molecule has 6 heterocycles. The summed E-state index contributed by atoms with van der Waals surface area (Å²) in [5, 5.41) is 12.2. The zero-order valence-electron chi connectivity index (χ0n) is 26.2. The molecule has 0 aliphatic carbocycles. The van der Waals surface area contributed by atoms with Crippen LogP contribution in [-0.2, 0) is 6.18 Å². The number of aromatic nitrogens is 3. The van der Waals surface area contributed by atoms with Gasteiger partial charge in [0.05, 0.1) is 27.4 Å². The number of nitrogens with two attached hydrogens (primary N) is 1. The number of nitrogens with one attached hydrogen (secondary N) is 1. The van der Waals surface area contributed by atoms with Crippen molar-refractivity contribution < 1.29 is 31.1 Å². The Kier molecular flexibility index (Phi) is 7.80. The van der Waals surface area contributed by atoms with E-state index in [1.54, 1.807) is 0 Å². The molecule has 4 aliphatic heterocycles. The van der Waals surface area contributed by atoms with Gasteiger partial charge in [-0.25, -0.2) is 18.2 Å². The molecule has 0 saturated carbocycles. The number of nitrogens with zero attached hydrogens (tertiary/aromatic N) is 6. The van der Waals surface area contributed by atoms with Gasteiger partial charge in [-0.2, -0.15) is 28.4 Å². The van der Waals surface area contributed by atoms with Gasteiger partial charge >= 0.3 is 12.2 Å². The maximum atomic E-state index is 17.0. The summed E-state index contributed by atoms with van der Waals surface area (Å²) in [6.07, 6.45) is -1.78. The average Bonchev–Trinajstić information content (AvgIpc) is 3.86. The molecule has 1 unspecified atom stereocenters. The molecule has 4 saturated heterocycles. The van der Waals surface area contributed by atoms with Crippen LogP contribution in [0, 0.1) is 23.0 Å². The molecule has 49 heavy (non-hydrogen) atoms. The first-order valence-corrected chi connectivity index (χ1v) is 17.2. The maximum Gasteiger partial charge on any atom is 0.417 e. The van der Waals surface area contributed by atoms with Crippen LogP contribution in [0.2, 0.25) is 0 Å². The standard InChI is InChI=1S/C33H32F6N8OS/c34-16-13-32(7-1-10-46(32)14-16)15-48-31-44-26-19(29(45-31)47-17-3-6-23(47)22(11-17)42-9-2-8-40)12-20(33(37,38)39)24(25(26)36)18-4-5-21(35)28-27(18)43-30(41)49-28/h4-5,12,16-17,22-23,42H,1-3,6-7,9-11,13-15H2,(H2,41,43)/t16-,17-,22?,23-,32+/m1/s1. The minimum atomic E-state index is -5.03. The van der Waals surface area contributed by atoms with Crippen molar-refractivity contribution in [2.75, 3.05) is 36.9 Å². The van der Waals surface area contributed by atoms with Gasteiger partial charge in [0.2, 0.25) is 0 Å². The number of thiazole rings is 1. The molecule has 258 valence electrons. The van der Waals surface area contributed by atoms with Gasteiger partial charge in [0.25, 0.3) is 0 Å². The Morgan fingerprint density at radius 2 is 2.00 bits per heavy atom. The Hall–Kier alpha value is -3.94. The maximum absolute atomic E-state index is 17.0. The summed E-state index contributed by atoms with van der Waals surface area (Å²) < 4.78 is 97.1. The normalized spacial score (nSPS) is 26.7. The average molecular weight is 703 g/mol. The Balaban J connectivity index is 1.31. The Bertz CT molecular complexity index is 2000. The van der Waals surface area contributed by atoms with Crippen LogP contribution in [0.4, 0.5) is 37.3 Å². The van der Waals surface area contributed by atoms with Crippen molar-refractivity contribution in [2.24, 2.45) is 0 Å². The molecule has 0 amide bonds. The van der Waals surface area contributed by atoms with Gasteiger partial charge in [-0.05, 0) is 56.8 Å². The third-order valence-corrected chi connectivity index (χ3v) is 11.5. The molecule has 8 rings (SSSR count). The third kappa shape index (κ3) is 5.32. The molecule has 2 bridgehead atoms. The molecule has 0 radical (unpaired) electrons. The lowest BCUT2D eigenvalue weighted by Gasteiger charge is -2.31. The van der Waals surface area contributed by atoms with E-state index in [0.29, 0.717) is 25.8 Å². The number of benzene rings is 2. The fraction of sp³-hybridized carbons (Fsp3) is 0.515. The van der Waals surface area contributed by atoms with Crippen molar-refractivity contribution in [2.45, 2.75) is 81.0 Å². The largest absolute Gasteiger partial charge is 0.461 e. The highest BCUT2D eigenvalue weighted by Crippen LogP contribution is 2.49. The highest BCUT2D eigenvalue weighted by molar-refractivity contribution is 7.22. The van der Waals surface area contributed by atoms with E-state index in [9.17, 15) is 22.0 Å².